The van der Waals surface area contributed by atoms with E-state index in [0.717, 1.165) is 4.47 Å². The van der Waals surface area contributed by atoms with Crippen LogP contribution in [0.25, 0.3) is 0 Å². The van der Waals surface area contributed by atoms with E-state index in [1.165, 1.54) is 6.92 Å². The maximum atomic E-state index is 12.1. The zero-order valence-corrected chi connectivity index (χ0v) is 13.9. The van der Waals surface area contributed by atoms with Crippen LogP contribution < -0.4 is 5.32 Å². The third-order valence-corrected chi connectivity index (χ3v) is 3.99. The number of carbonyl (C=O) groups excluding carboxylic acids is 3. The van der Waals surface area contributed by atoms with E-state index in [1.54, 1.807) is 21.9 Å². The summed E-state index contributed by atoms with van der Waals surface area (Å²) in [6.45, 7) is 3.51. The number of anilines is 1. The monoisotopic (exact) mass is 367 g/mol. The zero-order chi connectivity index (χ0) is 16.1. The summed E-state index contributed by atoms with van der Waals surface area (Å²) in [6.07, 6.45) is -0.188. The van der Waals surface area contributed by atoms with Gasteiger partial charge < -0.3 is 15.1 Å². The highest BCUT2D eigenvalue weighted by Gasteiger charge is 2.23. The first-order valence-electron chi connectivity index (χ1n) is 7.04. The molecule has 0 unspecified atom stereocenters. The Hall–Kier alpha value is -1.89. The van der Waals surface area contributed by atoms with Gasteiger partial charge in [0.1, 0.15) is 6.42 Å². The number of benzene rings is 1. The van der Waals surface area contributed by atoms with Crippen LogP contribution in [0.1, 0.15) is 13.3 Å². The molecule has 6 nitrogen and oxygen atoms in total. The molecule has 0 saturated carbocycles. The van der Waals surface area contributed by atoms with Crippen LogP contribution in [-0.2, 0) is 14.4 Å². The lowest BCUT2D eigenvalue weighted by molar-refractivity contribution is -0.140. The van der Waals surface area contributed by atoms with Crippen molar-refractivity contribution in [2.75, 3.05) is 31.5 Å². The molecule has 22 heavy (non-hydrogen) atoms. The molecule has 0 spiro atoms. The third kappa shape index (κ3) is 4.56. The van der Waals surface area contributed by atoms with Gasteiger partial charge in [0.25, 0.3) is 0 Å². The Kier molecular flexibility index (Phi) is 5.54. The fourth-order valence-corrected chi connectivity index (χ4v) is 2.69. The Morgan fingerprint density at radius 2 is 1.77 bits per heavy atom. The molecule has 1 fully saturated rings. The summed E-state index contributed by atoms with van der Waals surface area (Å²) in [4.78, 5) is 38.6. The van der Waals surface area contributed by atoms with E-state index in [2.05, 4.69) is 21.2 Å². The first-order valence-corrected chi connectivity index (χ1v) is 7.83. The van der Waals surface area contributed by atoms with Crippen LogP contribution in [-0.4, -0.2) is 53.7 Å². The molecule has 3 amide bonds. The number of hydrogen-bond acceptors (Lipinski definition) is 3. The highest BCUT2D eigenvalue weighted by atomic mass is 79.9. The third-order valence-electron chi connectivity index (χ3n) is 3.50. The van der Waals surface area contributed by atoms with E-state index in [0.29, 0.717) is 31.9 Å². The molecule has 0 atom stereocenters. The molecular weight excluding hydrogens is 350 g/mol. The Morgan fingerprint density at radius 3 is 2.36 bits per heavy atom. The average Bonchev–Trinajstić information content (AvgIpc) is 2.47. The number of amides is 3. The molecule has 0 aromatic heterocycles. The quantitative estimate of drug-likeness (QED) is 0.822. The molecule has 1 saturated heterocycles. The maximum Gasteiger partial charge on any atom is 0.233 e. The molecule has 1 aliphatic heterocycles. The number of nitrogens with one attached hydrogen (secondary N) is 1. The fraction of sp³-hybridized carbons (Fsp3) is 0.400. The minimum absolute atomic E-state index is 0.0134. The summed E-state index contributed by atoms with van der Waals surface area (Å²) in [5.41, 5.74) is 0.647. The minimum Gasteiger partial charge on any atom is -0.339 e. The first kappa shape index (κ1) is 16.5. The van der Waals surface area contributed by atoms with Crippen LogP contribution >= 0.6 is 15.9 Å². The van der Waals surface area contributed by atoms with Gasteiger partial charge in [-0.2, -0.15) is 0 Å². The minimum atomic E-state index is -0.336. The number of nitrogens with zero attached hydrogens (tertiary/aromatic N) is 2. The molecular formula is C15H18BrN3O3. The Balaban J connectivity index is 1.82. The largest absolute Gasteiger partial charge is 0.339 e. The molecule has 2 rings (SSSR count). The van der Waals surface area contributed by atoms with Gasteiger partial charge in [-0.25, -0.2) is 0 Å². The van der Waals surface area contributed by atoms with Gasteiger partial charge in [-0.1, -0.05) is 22.0 Å². The van der Waals surface area contributed by atoms with Crippen molar-refractivity contribution >= 4 is 39.3 Å². The molecule has 118 valence electrons. The van der Waals surface area contributed by atoms with E-state index in [4.69, 9.17) is 0 Å². The van der Waals surface area contributed by atoms with Gasteiger partial charge in [-0.3, -0.25) is 14.4 Å². The number of carbonyl (C=O) groups is 3. The Labute approximate surface area is 137 Å². The lowest BCUT2D eigenvalue weighted by Gasteiger charge is -2.34. The highest BCUT2D eigenvalue weighted by molar-refractivity contribution is 9.10. The molecule has 1 aromatic carbocycles. The van der Waals surface area contributed by atoms with E-state index in [-0.39, 0.29) is 24.1 Å². The summed E-state index contributed by atoms with van der Waals surface area (Å²) in [5, 5.41) is 2.70. The van der Waals surface area contributed by atoms with Gasteiger partial charge in [0.2, 0.25) is 17.7 Å². The molecule has 0 radical (unpaired) electrons. The molecule has 0 aliphatic carbocycles. The van der Waals surface area contributed by atoms with E-state index >= 15 is 0 Å². The topological polar surface area (TPSA) is 69.7 Å². The summed E-state index contributed by atoms with van der Waals surface area (Å²) < 4.78 is 0.858. The summed E-state index contributed by atoms with van der Waals surface area (Å²) in [5.74, 6) is -0.535. The van der Waals surface area contributed by atoms with Gasteiger partial charge in [-0.15, -0.1) is 0 Å². The van der Waals surface area contributed by atoms with Crippen molar-refractivity contribution in [3.05, 3.63) is 28.7 Å². The van der Waals surface area contributed by atoms with Gasteiger partial charge in [-0.05, 0) is 18.2 Å². The van der Waals surface area contributed by atoms with Gasteiger partial charge in [0.15, 0.2) is 0 Å². The van der Waals surface area contributed by atoms with Crippen LogP contribution in [0, 0.1) is 0 Å². The van der Waals surface area contributed by atoms with E-state index in [9.17, 15) is 14.4 Å². The molecule has 0 bridgehead atoms. The van der Waals surface area contributed by atoms with Gasteiger partial charge in [0, 0.05) is 43.3 Å². The predicted octanol–water partition coefficient (Wildman–Crippen LogP) is 1.47. The van der Waals surface area contributed by atoms with Crippen LogP contribution in [0.4, 0.5) is 5.69 Å². The van der Waals surface area contributed by atoms with Gasteiger partial charge in [0.05, 0.1) is 0 Å². The van der Waals surface area contributed by atoms with Crippen LogP contribution in [0.2, 0.25) is 0 Å². The highest BCUT2D eigenvalue weighted by Crippen LogP contribution is 2.16. The molecule has 7 heteroatoms. The van der Waals surface area contributed by atoms with Crippen molar-refractivity contribution in [1.29, 1.82) is 0 Å². The van der Waals surface area contributed by atoms with Crippen molar-refractivity contribution in [2.45, 2.75) is 13.3 Å². The van der Waals surface area contributed by atoms with E-state index < -0.39 is 0 Å². The number of hydrogen-bond donors (Lipinski definition) is 1. The lowest BCUT2D eigenvalue weighted by Crippen LogP contribution is -2.50. The Bertz CT molecular complexity index is 583. The van der Waals surface area contributed by atoms with E-state index in [1.807, 2.05) is 12.1 Å². The van der Waals surface area contributed by atoms with Gasteiger partial charge >= 0.3 is 0 Å². The molecule has 1 heterocycles. The summed E-state index contributed by atoms with van der Waals surface area (Å²) in [7, 11) is 0. The van der Waals surface area contributed by atoms with Crippen molar-refractivity contribution in [3.8, 4) is 0 Å². The second-order valence-corrected chi connectivity index (χ2v) is 6.04. The summed E-state index contributed by atoms with van der Waals surface area (Å²) >= 11 is 3.32. The number of halogens is 1. The molecule has 1 aromatic rings. The zero-order valence-electron chi connectivity index (χ0n) is 12.3. The first-order chi connectivity index (χ1) is 10.5. The van der Waals surface area contributed by atoms with Crippen molar-refractivity contribution in [1.82, 2.24) is 9.80 Å². The second-order valence-electron chi connectivity index (χ2n) is 5.12. The normalized spacial score (nSPS) is 14.6. The van der Waals surface area contributed by atoms with Crippen LogP contribution in [0.5, 0.6) is 0 Å². The average molecular weight is 368 g/mol. The second kappa shape index (κ2) is 7.40. The Morgan fingerprint density at radius 1 is 1.14 bits per heavy atom. The van der Waals surface area contributed by atoms with Crippen LogP contribution in [0.3, 0.4) is 0 Å². The smallest absolute Gasteiger partial charge is 0.233 e. The maximum absolute atomic E-state index is 12.1. The fourth-order valence-electron chi connectivity index (χ4n) is 2.29. The molecule has 1 aliphatic rings. The summed E-state index contributed by atoms with van der Waals surface area (Å²) in [6, 6.07) is 7.20. The lowest BCUT2D eigenvalue weighted by atomic mass is 10.2. The van der Waals surface area contributed by atoms with Crippen molar-refractivity contribution in [3.63, 3.8) is 0 Å². The van der Waals surface area contributed by atoms with Crippen molar-refractivity contribution in [2.24, 2.45) is 0 Å². The SMILES string of the molecule is CC(=O)N1CCN(C(=O)CC(=O)Nc2cccc(Br)c2)CC1. The predicted molar refractivity (Wildman–Crippen MR) is 86.2 cm³/mol. The number of rotatable bonds is 3. The number of piperazine rings is 1. The standard InChI is InChI=1S/C15H18BrN3O3/c1-11(20)18-5-7-19(8-6-18)15(22)10-14(21)17-13-4-2-3-12(16)9-13/h2-4,9H,5-8,10H2,1H3,(H,17,21). The molecule has 1 N–H and O–H groups in total. The van der Waals surface area contributed by atoms with Crippen LogP contribution in [0.15, 0.2) is 28.7 Å². The van der Waals surface area contributed by atoms with Crippen molar-refractivity contribution < 1.29 is 14.4 Å².